The Hall–Kier alpha value is -3.17. The van der Waals surface area contributed by atoms with Crippen molar-refractivity contribution in [3.05, 3.63) is 64.9 Å². The lowest BCUT2D eigenvalue weighted by molar-refractivity contribution is -0.144. The number of carbonyl (C=O) groups excluding carboxylic acids is 2. The first-order valence-corrected chi connectivity index (χ1v) is 12.7. The Morgan fingerprint density at radius 2 is 1.82 bits per heavy atom. The highest BCUT2D eigenvalue weighted by molar-refractivity contribution is 7.89. The van der Waals surface area contributed by atoms with E-state index in [1.54, 1.807) is 20.8 Å². The van der Waals surface area contributed by atoms with E-state index in [4.69, 9.17) is 13.9 Å². The predicted octanol–water partition coefficient (Wildman–Crippen LogP) is 4.16. The third-order valence-electron chi connectivity index (χ3n) is 6.00. The zero-order chi connectivity index (χ0) is 24.5. The summed E-state index contributed by atoms with van der Waals surface area (Å²) in [5.41, 5.74) is 2.73. The van der Waals surface area contributed by atoms with E-state index in [0.717, 1.165) is 11.1 Å². The molecule has 0 amide bonds. The molecule has 0 bridgehead atoms. The van der Waals surface area contributed by atoms with E-state index >= 15 is 0 Å². The van der Waals surface area contributed by atoms with Crippen LogP contribution in [0.15, 0.2) is 51.8 Å². The summed E-state index contributed by atoms with van der Waals surface area (Å²) in [5, 5.41) is 0.517. The van der Waals surface area contributed by atoms with Crippen molar-refractivity contribution in [1.29, 1.82) is 0 Å². The van der Waals surface area contributed by atoms with Crippen molar-refractivity contribution in [3.8, 4) is 0 Å². The molecule has 0 fully saturated rings. The number of fused-ring (bicyclic) bond motifs is 2. The van der Waals surface area contributed by atoms with Gasteiger partial charge in [0, 0.05) is 17.5 Å². The summed E-state index contributed by atoms with van der Waals surface area (Å²) in [7, 11) is -3.98. The Balaban J connectivity index is 1.75. The molecule has 0 radical (unpaired) electrons. The van der Waals surface area contributed by atoms with Gasteiger partial charge in [-0.25, -0.2) is 13.2 Å². The van der Waals surface area contributed by atoms with Crippen LogP contribution in [-0.2, 0) is 30.7 Å². The van der Waals surface area contributed by atoms with Gasteiger partial charge in [-0.05, 0) is 56.5 Å². The maximum absolute atomic E-state index is 13.8. The van der Waals surface area contributed by atoms with Gasteiger partial charge in [0.25, 0.3) is 0 Å². The van der Waals surface area contributed by atoms with Gasteiger partial charge in [-0.1, -0.05) is 24.3 Å². The lowest BCUT2D eigenvalue weighted by atomic mass is 9.92. The van der Waals surface area contributed by atoms with Gasteiger partial charge in [-0.15, -0.1) is 0 Å². The molecule has 1 aliphatic rings. The molecule has 0 saturated heterocycles. The molecular weight excluding hydrogens is 458 g/mol. The van der Waals surface area contributed by atoms with Crippen LogP contribution in [0.5, 0.6) is 0 Å². The number of hydrogen-bond donors (Lipinski definition) is 0. The molecule has 3 aromatic rings. The second-order valence-corrected chi connectivity index (χ2v) is 9.91. The highest BCUT2D eigenvalue weighted by atomic mass is 32.2. The number of aryl methyl sites for hydroxylation is 1. The van der Waals surface area contributed by atoms with Gasteiger partial charge in [0.2, 0.25) is 15.8 Å². The van der Waals surface area contributed by atoms with Crippen molar-refractivity contribution in [1.82, 2.24) is 4.31 Å². The molecule has 1 aromatic heterocycles. The molecule has 4 rings (SSSR count). The number of carbonyl (C=O) groups is 2. The number of ether oxygens (including phenoxy) is 2. The Bertz CT molecular complexity index is 1340. The van der Waals surface area contributed by atoms with E-state index in [0.29, 0.717) is 23.0 Å². The lowest BCUT2D eigenvalue weighted by Gasteiger charge is -2.36. The highest BCUT2D eigenvalue weighted by Crippen LogP contribution is 2.37. The molecule has 0 N–H and O–H groups in total. The molecule has 9 heteroatoms. The fraction of sp³-hybridized carbons (Fsp3) is 0.360. The monoisotopic (exact) mass is 485 g/mol. The average molecular weight is 486 g/mol. The van der Waals surface area contributed by atoms with Crippen molar-refractivity contribution in [2.24, 2.45) is 0 Å². The number of hydrogen-bond acceptors (Lipinski definition) is 7. The number of sulfonamides is 1. The van der Waals surface area contributed by atoms with Gasteiger partial charge >= 0.3 is 11.9 Å². The van der Waals surface area contributed by atoms with Gasteiger partial charge in [-0.3, -0.25) is 4.79 Å². The van der Waals surface area contributed by atoms with Crippen LogP contribution in [0.1, 0.15) is 53.6 Å². The first-order valence-electron chi connectivity index (χ1n) is 11.2. The van der Waals surface area contributed by atoms with Crippen LogP contribution in [0.2, 0.25) is 0 Å². The zero-order valence-electron chi connectivity index (χ0n) is 19.4. The predicted molar refractivity (Wildman–Crippen MR) is 125 cm³/mol. The van der Waals surface area contributed by atoms with Gasteiger partial charge in [-0.2, -0.15) is 4.31 Å². The Kier molecular flexibility index (Phi) is 6.77. The minimum Gasteiger partial charge on any atom is -0.466 e. The molecule has 1 aliphatic heterocycles. The van der Waals surface area contributed by atoms with Crippen molar-refractivity contribution in [3.63, 3.8) is 0 Å². The average Bonchev–Trinajstić information content (AvgIpc) is 3.15. The maximum atomic E-state index is 13.8. The Labute approximate surface area is 198 Å². The standard InChI is InChI=1S/C25H27NO7S/c1-4-31-23(27)15-21-19-9-7-6-8-17(19)12-13-26(21)34(29,30)18-10-11-22-20(14-18)16(3)24(33-22)25(28)32-5-2/h6-11,14,21H,4-5,12-13,15H2,1-3H3/t21-/m1/s1. The summed E-state index contributed by atoms with van der Waals surface area (Å²) in [6, 6.07) is 11.4. The first-order chi connectivity index (χ1) is 16.3. The van der Waals surface area contributed by atoms with E-state index in [9.17, 15) is 18.0 Å². The van der Waals surface area contributed by atoms with E-state index in [2.05, 4.69) is 0 Å². The SMILES string of the molecule is CCOC(=O)C[C@@H]1c2ccccc2CCN1S(=O)(=O)c1ccc2oc(C(=O)OCC)c(C)c2c1. The smallest absolute Gasteiger partial charge is 0.374 e. The molecule has 180 valence electrons. The summed E-state index contributed by atoms with van der Waals surface area (Å²) in [6.45, 7) is 5.76. The number of esters is 2. The fourth-order valence-corrected chi connectivity index (χ4v) is 6.03. The molecule has 2 aromatic carbocycles. The quantitative estimate of drug-likeness (QED) is 0.463. The van der Waals surface area contributed by atoms with Crippen LogP contribution in [0, 0.1) is 6.92 Å². The largest absolute Gasteiger partial charge is 0.466 e. The van der Waals surface area contributed by atoms with Crippen molar-refractivity contribution in [2.45, 2.75) is 44.6 Å². The number of rotatable bonds is 7. The molecule has 0 aliphatic carbocycles. The Morgan fingerprint density at radius 1 is 1.09 bits per heavy atom. The van der Waals surface area contributed by atoms with Crippen LogP contribution in [0.25, 0.3) is 11.0 Å². The second-order valence-electron chi connectivity index (χ2n) is 8.02. The van der Waals surface area contributed by atoms with E-state index < -0.39 is 28.0 Å². The van der Waals surface area contributed by atoms with E-state index in [1.165, 1.54) is 22.5 Å². The van der Waals surface area contributed by atoms with Gasteiger partial charge < -0.3 is 13.9 Å². The number of nitrogens with zero attached hydrogens (tertiary/aromatic N) is 1. The summed E-state index contributed by atoms with van der Waals surface area (Å²) >= 11 is 0. The third-order valence-corrected chi connectivity index (χ3v) is 7.91. The normalized spacial score (nSPS) is 16.3. The van der Waals surface area contributed by atoms with Crippen LogP contribution in [0.4, 0.5) is 0 Å². The lowest BCUT2D eigenvalue weighted by Crippen LogP contribution is -2.41. The number of benzene rings is 2. The molecule has 8 nitrogen and oxygen atoms in total. The third kappa shape index (κ3) is 4.33. The maximum Gasteiger partial charge on any atom is 0.374 e. The van der Waals surface area contributed by atoms with Crippen LogP contribution < -0.4 is 0 Å². The molecule has 0 saturated carbocycles. The van der Waals surface area contributed by atoms with E-state index in [-0.39, 0.29) is 36.8 Å². The van der Waals surface area contributed by atoms with E-state index in [1.807, 2.05) is 24.3 Å². The molecule has 2 heterocycles. The van der Waals surface area contributed by atoms with Crippen molar-refractivity contribution >= 4 is 32.9 Å². The molecule has 1 atom stereocenters. The van der Waals surface area contributed by atoms with Crippen LogP contribution in [-0.4, -0.2) is 44.4 Å². The molecular formula is C25H27NO7S. The Morgan fingerprint density at radius 3 is 2.56 bits per heavy atom. The first kappa shape index (κ1) is 24.0. The second kappa shape index (κ2) is 9.60. The fourth-order valence-electron chi connectivity index (χ4n) is 4.39. The van der Waals surface area contributed by atoms with Gasteiger partial charge in [0.05, 0.1) is 30.6 Å². The topological polar surface area (TPSA) is 103 Å². The van der Waals surface area contributed by atoms with Gasteiger partial charge in [0.15, 0.2) is 0 Å². The highest BCUT2D eigenvalue weighted by Gasteiger charge is 2.38. The van der Waals surface area contributed by atoms with Crippen molar-refractivity contribution < 1.29 is 31.9 Å². The molecule has 34 heavy (non-hydrogen) atoms. The van der Waals surface area contributed by atoms with Crippen LogP contribution >= 0.6 is 0 Å². The zero-order valence-corrected chi connectivity index (χ0v) is 20.2. The van der Waals surface area contributed by atoms with Gasteiger partial charge in [0.1, 0.15) is 5.58 Å². The molecule has 0 unspecified atom stereocenters. The minimum atomic E-state index is -3.98. The van der Waals surface area contributed by atoms with Crippen LogP contribution in [0.3, 0.4) is 0 Å². The summed E-state index contributed by atoms with van der Waals surface area (Å²) < 4.78 is 44.8. The summed E-state index contributed by atoms with van der Waals surface area (Å²) in [4.78, 5) is 24.6. The molecule has 0 spiro atoms. The minimum absolute atomic E-state index is 0.0542. The summed E-state index contributed by atoms with van der Waals surface area (Å²) in [5.74, 6) is -0.995. The number of furan rings is 1. The van der Waals surface area contributed by atoms with Crippen molar-refractivity contribution in [2.75, 3.05) is 19.8 Å². The summed E-state index contributed by atoms with van der Waals surface area (Å²) in [6.07, 6.45) is 0.457.